The number of rotatable bonds is 6. The number of carbonyl (C=O) groups excluding carboxylic acids is 1. The molecule has 1 aromatic carbocycles. The topological polar surface area (TPSA) is 29.5 Å². The summed E-state index contributed by atoms with van der Waals surface area (Å²) in [5, 5.41) is 0.497. The van der Waals surface area contributed by atoms with E-state index in [-0.39, 0.29) is 5.78 Å². The maximum atomic E-state index is 11.2. The highest BCUT2D eigenvalue weighted by atomic mass is 35.5. The van der Waals surface area contributed by atoms with E-state index in [0.29, 0.717) is 22.9 Å². The Kier molecular flexibility index (Phi) is 4.25. The van der Waals surface area contributed by atoms with Crippen molar-refractivity contribution in [3.8, 4) is 5.75 Å². The number of hydrogen-bond donors (Lipinski definition) is 0. The van der Waals surface area contributed by atoms with Crippen LogP contribution in [0.1, 0.15) is 30.1 Å². The fraction of sp³-hybridized carbons (Fsp3) is 0.500. The number of nitrogens with zero attached hydrogens (tertiary/aromatic N) is 1. The SMILES string of the molecule is CC(=O)c1ccc(OCCN(C)C2CC2)c(Cl)c1. The van der Waals surface area contributed by atoms with Crippen LogP contribution >= 0.6 is 11.6 Å². The smallest absolute Gasteiger partial charge is 0.159 e. The highest BCUT2D eigenvalue weighted by Crippen LogP contribution is 2.27. The van der Waals surface area contributed by atoms with Crippen LogP contribution in [-0.2, 0) is 0 Å². The van der Waals surface area contributed by atoms with E-state index in [1.807, 2.05) is 0 Å². The number of carbonyl (C=O) groups is 1. The zero-order chi connectivity index (χ0) is 13.1. The molecule has 1 aliphatic carbocycles. The molecule has 2 rings (SSSR count). The Balaban J connectivity index is 1.86. The summed E-state index contributed by atoms with van der Waals surface area (Å²) in [6.07, 6.45) is 2.59. The van der Waals surface area contributed by atoms with Gasteiger partial charge in [0.2, 0.25) is 0 Å². The van der Waals surface area contributed by atoms with Crippen molar-refractivity contribution in [1.29, 1.82) is 0 Å². The second kappa shape index (κ2) is 5.72. The van der Waals surface area contributed by atoms with Gasteiger partial charge in [-0.2, -0.15) is 0 Å². The quantitative estimate of drug-likeness (QED) is 0.742. The van der Waals surface area contributed by atoms with Crippen LogP contribution < -0.4 is 4.74 Å². The molecule has 0 bridgehead atoms. The summed E-state index contributed by atoms with van der Waals surface area (Å²) in [6.45, 7) is 3.04. The lowest BCUT2D eigenvalue weighted by atomic mass is 10.1. The molecule has 0 atom stereocenters. The molecule has 1 aromatic rings. The first-order chi connectivity index (χ1) is 8.58. The van der Waals surface area contributed by atoms with Crippen LogP contribution in [0.15, 0.2) is 18.2 Å². The molecule has 0 amide bonds. The Hall–Kier alpha value is -1.06. The Morgan fingerprint density at radius 1 is 1.50 bits per heavy atom. The Bertz CT molecular complexity index is 443. The predicted octanol–water partition coefficient (Wildman–Crippen LogP) is 3.02. The number of hydrogen-bond acceptors (Lipinski definition) is 3. The largest absolute Gasteiger partial charge is 0.491 e. The highest BCUT2D eigenvalue weighted by Gasteiger charge is 2.25. The maximum absolute atomic E-state index is 11.2. The van der Waals surface area contributed by atoms with Crippen LogP contribution in [0.25, 0.3) is 0 Å². The number of halogens is 1. The third-order valence-electron chi connectivity index (χ3n) is 3.21. The number of Topliss-reactive ketones (excluding diaryl/α,β-unsaturated/α-hetero) is 1. The van der Waals surface area contributed by atoms with Gasteiger partial charge in [0.1, 0.15) is 12.4 Å². The summed E-state index contributed by atoms with van der Waals surface area (Å²) in [4.78, 5) is 13.5. The molecule has 18 heavy (non-hydrogen) atoms. The average molecular weight is 268 g/mol. The molecule has 0 saturated heterocycles. The highest BCUT2D eigenvalue weighted by molar-refractivity contribution is 6.32. The van der Waals surface area contributed by atoms with Gasteiger partial charge in [-0.05, 0) is 45.0 Å². The fourth-order valence-corrected chi connectivity index (χ4v) is 2.07. The first-order valence-corrected chi connectivity index (χ1v) is 6.59. The lowest BCUT2D eigenvalue weighted by Crippen LogP contribution is -2.26. The summed E-state index contributed by atoms with van der Waals surface area (Å²) in [5.41, 5.74) is 0.613. The third-order valence-corrected chi connectivity index (χ3v) is 3.51. The molecule has 3 nitrogen and oxygen atoms in total. The van der Waals surface area contributed by atoms with E-state index in [9.17, 15) is 4.79 Å². The van der Waals surface area contributed by atoms with Gasteiger partial charge in [-0.3, -0.25) is 4.79 Å². The lowest BCUT2D eigenvalue weighted by molar-refractivity contribution is 0.101. The molecule has 0 radical (unpaired) electrons. The van der Waals surface area contributed by atoms with E-state index in [1.54, 1.807) is 18.2 Å². The standard InChI is InChI=1S/C14H18ClNO2/c1-10(17)11-3-6-14(13(15)9-11)18-8-7-16(2)12-4-5-12/h3,6,9,12H,4-5,7-8H2,1-2H3. The maximum Gasteiger partial charge on any atom is 0.159 e. The molecule has 1 aliphatic rings. The van der Waals surface area contributed by atoms with Gasteiger partial charge >= 0.3 is 0 Å². The van der Waals surface area contributed by atoms with Gasteiger partial charge in [-0.15, -0.1) is 0 Å². The summed E-state index contributed by atoms with van der Waals surface area (Å²) in [5.74, 6) is 0.655. The zero-order valence-electron chi connectivity index (χ0n) is 10.8. The first kappa shape index (κ1) is 13.4. The van der Waals surface area contributed by atoms with Gasteiger partial charge in [0.25, 0.3) is 0 Å². The van der Waals surface area contributed by atoms with Crippen LogP contribution in [0.4, 0.5) is 0 Å². The molecule has 0 N–H and O–H groups in total. The van der Waals surface area contributed by atoms with Gasteiger partial charge in [0.15, 0.2) is 5.78 Å². The van der Waals surface area contributed by atoms with Crippen LogP contribution in [0, 0.1) is 0 Å². The lowest BCUT2D eigenvalue weighted by Gasteiger charge is -2.16. The molecule has 1 fully saturated rings. The molecule has 0 spiro atoms. The summed E-state index contributed by atoms with van der Waals surface area (Å²) >= 11 is 6.07. The van der Waals surface area contributed by atoms with Crippen molar-refractivity contribution in [2.24, 2.45) is 0 Å². The van der Waals surface area contributed by atoms with E-state index in [2.05, 4.69) is 11.9 Å². The van der Waals surface area contributed by atoms with Gasteiger partial charge in [0, 0.05) is 18.2 Å². The minimum atomic E-state index is 0.0110. The van der Waals surface area contributed by atoms with Crippen molar-refractivity contribution < 1.29 is 9.53 Å². The molecular formula is C14H18ClNO2. The van der Waals surface area contributed by atoms with Gasteiger partial charge in [-0.1, -0.05) is 11.6 Å². The fourth-order valence-electron chi connectivity index (χ4n) is 1.83. The molecule has 0 unspecified atom stereocenters. The number of likely N-dealkylation sites (N-methyl/N-ethyl adjacent to an activating group) is 1. The number of benzene rings is 1. The average Bonchev–Trinajstić information content (AvgIpc) is 3.14. The van der Waals surface area contributed by atoms with Gasteiger partial charge < -0.3 is 9.64 Å². The Morgan fingerprint density at radius 2 is 2.22 bits per heavy atom. The first-order valence-electron chi connectivity index (χ1n) is 6.21. The number of ether oxygens (including phenoxy) is 1. The second-order valence-corrected chi connectivity index (χ2v) is 5.17. The van der Waals surface area contributed by atoms with Gasteiger partial charge in [0.05, 0.1) is 5.02 Å². The van der Waals surface area contributed by atoms with E-state index in [1.165, 1.54) is 19.8 Å². The van der Waals surface area contributed by atoms with Crippen LogP contribution in [0.2, 0.25) is 5.02 Å². The predicted molar refractivity (Wildman–Crippen MR) is 72.6 cm³/mol. The second-order valence-electron chi connectivity index (χ2n) is 4.76. The molecule has 0 heterocycles. The molecule has 4 heteroatoms. The Morgan fingerprint density at radius 3 is 2.78 bits per heavy atom. The summed E-state index contributed by atoms with van der Waals surface area (Å²) < 4.78 is 5.64. The van der Waals surface area contributed by atoms with E-state index in [0.717, 1.165) is 12.6 Å². The van der Waals surface area contributed by atoms with E-state index in [4.69, 9.17) is 16.3 Å². The third kappa shape index (κ3) is 3.47. The summed E-state index contributed by atoms with van der Waals surface area (Å²) in [6, 6.07) is 5.90. The minimum Gasteiger partial charge on any atom is -0.491 e. The Labute approximate surface area is 113 Å². The van der Waals surface area contributed by atoms with Crippen LogP contribution in [0.3, 0.4) is 0 Å². The molecule has 98 valence electrons. The summed E-state index contributed by atoms with van der Waals surface area (Å²) in [7, 11) is 2.11. The van der Waals surface area contributed by atoms with Crippen molar-refractivity contribution in [3.05, 3.63) is 28.8 Å². The molecule has 1 saturated carbocycles. The van der Waals surface area contributed by atoms with Crippen molar-refractivity contribution >= 4 is 17.4 Å². The van der Waals surface area contributed by atoms with E-state index >= 15 is 0 Å². The van der Waals surface area contributed by atoms with Gasteiger partial charge in [-0.25, -0.2) is 0 Å². The molecule has 0 aliphatic heterocycles. The number of ketones is 1. The van der Waals surface area contributed by atoms with Crippen molar-refractivity contribution in [2.75, 3.05) is 20.2 Å². The normalized spacial score (nSPS) is 14.9. The minimum absolute atomic E-state index is 0.0110. The monoisotopic (exact) mass is 267 g/mol. The molecule has 0 aromatic heterocycles. The molecular weight excluding hydrogens is 250 g/mol. The van der Waals surface area contributed by atoms with E-state index < -0.39 is 0 Å². The van der Waals surface area contributed by atoms with Crippen molar-refractivity contribution in [1.82, 2.24) is 4.90 Å². The van der Waals surface area contributed by atoms with Crippen molar-refractivity contribution in [3.63, 3.8) is 0 Å². The zero-order valence-corrected chi connectivity index (χ0v) is 11.5. The van der Waals surface area contributed by atoms with Crippen molar-refractivity contribution in [2.45, 2.75) is 25.8 Å². The van der Waals surface area contributed by atoms with Crippen LogP contribution in [-0.4, -0.2) is 36.9 Å². The van der Waals surface area contributed by atoms with Crippen LogP contribution in [0.5, 0.6) is 5.75 Å².